The zero-order valence-corrected chi connectivity index (χ0v) is 15.8. The van der Waals surface area contributed by atoms with E-state index in [1.165, 1.54) is 4.90 Å². The van der Waals surface area contributed by atoms with E-state index in [0.717, 1.165) is 4.90 Å². The van der Waals surface area contributed by atoms with E-state index in [9.17, 15) is 9.59 Å². The molecule has 0 bridgehead atoms. The van der Waals surface area contributed by atoms with Gasteiger partial charge < -0.3 is 19.9 Å². The minimum Gasteiger partial charge on any atom is -0.455 e. The summed E-state index contributed by atoms with van der Waals surface area (Å²) < 4.78 is 5.83. The van der Waals surface area contributed by atoms with Crippen LogP contribution in [0.5, 0.6) is 11.5 Å². The van der Waals surface area contributed by atoms with Crippen molar-refractivity contribution in [3.8, 4) is 11.5 Å². The van der Waals surface area contributed by atoms with Gasteiger partial charge >= 0.3 is 0 Å². The third kappa shape index (κ3) is 6.06. The van der Waals surface area contributed by atoms with Crippen LogP contribution in [0.25, 0.3) is 0 Å². The number of hydrogen-bond donors (Lipinski definition) is 2. The van der Waals surface area contributed by atoms with Crippen molar-refractivity contribution in [2.24, 2.45) is 0 Å². The van der Waals surface area contributed by atoms with Gasteiger partial charge in [0.1, 0.15) is 5.75 Å². The normalized spacial score (nSPS) is 11.5. The SMILES string of the molecule is CN(C)C(=O)C[NH+](C)CC(=O)Nc1cc(Cl)ccc1Oc1ccccc1. The summed E-state index contributed by atoms with van der Waals surface area (Å²) in [6, 6.07) is 14.3. The molecule has 7 heteroatoms. The monoisotopic (exact) mass is 376 g/mol. The predicted molar refractivity (Wildman–Crippen MR) is 102 cm³/mol. The molecule has 1 atom stereocenters. The van der Waals surface area contributed by atoms with E-state index in [4.69, 9.17) is 16.3 Å². The summed E-state index contributed by atoms with van der Waals surface area (Å²) in [5, 5.41) is 3.30. The third-order valence-corrected chi connectivity index (χ3v) is 3.84. The molecule has 6 nitrogen and oxygen atoms in total. The highest BCUT2D eigenvalue weighted by Crippen LogP contribution is 2.31. The fourth-order valence-corrected chi connectivity index (χ4v) is 2.42. The largest absolute Gasteiger partial charge is 0.455 e. The van der Waals surface area contributed by atoms with Crippen molar-refractivity contribution in [1.82, 2.24) is 4.90 Å². The van der Waals surface area contributed by atoms with Crippen LogP contribution < -0.4 is 15.0 Å². The molecule has 0 spiro atoms. The predicted octanol–water partition coefficient (Wildman–Crippen LogP) is 1.67. The zero-order valence-electron chi connectivity index (χ0n) is 15.1. The smallest absolute Gasteiger partial charge is 0.279 e. The minimum absolute atomic E-state index is 0.0360. The van der Waals surface area contributed by atoms with Crippen molar-refractivity contribution in [3.05, 3.63) is 53.6 Å². The first kappa shape index (κ1) is 19.8. The zero-order chi connectivity index (χ0) is 19.1. The van der Waals surface area contributed by atoms with E-state index in [2.05, 4.69) is 5.32 Å². The minimum atomic E-state index is -0.228. The van der Waals surface area contributed by atoms with Crippen LogP contribution in [-0.4, -0.2) is 50.9 Å². The van der Waals surface area contributed by atoms with Crippen molar-refractivity contribution in [2.45, 2.75) is 0 Å². The van der Waals surface area contributed by atoms with Crippen molar-refractivity contribution < 1.29 is 19.2 Å². The molecular weight excluding hydrogens is 354 g/mol. The number of nitrogens with zero attached hydrogens (tertiary/aromatic N) is 1. The maximum atomic E-state index is 12.3. The van der Waals surface area contributed by atoms with E-state index >= 15 is 0 Å². The van der Waals surface area contributed by atoms with E-state index in [1.807, 2.05) is 30.3 Å². The molecule has 0 heterocycles. The van der Waals surface area contributed by atoms with Gasteiger partial charge in [-0.05, 0) is 30.3 Å². The molecule has 0 fully saturated rings. The summed E-state index contributed by atoms with van der Waals surface area (Å²) in [7, 11) is 5.17. The fourth-order valence-electron chi connectivity index (χ4n) is 2.25. The molecule has 138 valence electrons. The Morgan fingerprint density at radius 2 is 1.81 bits per heavy atom. The highest BCUT2D eigenvalue weighted by atomic mass is 35.5. The maximum Gasteiger partial charge on any atom is 0.279 e. The Hall–Kier alpha value is -2.57. The average Bonchev–Trinajstić information content (AvgIpc) is 2.57. The Balaban J connectivity index is 2.04. The van der Waals surface area contributed by atoms with Crippen LogP contribution in [0.2, 0.25) is 5.02 Å². The van der Waals surface area contributed by atoms with Gasteiger partial charge in [-0.3, -0.25) is 9.59 Å². The Bertz CT molecular complexity index is 766. The molecule has 0 saturated heterocycles. The number of carbonyl (C=O) groups excluding carboxylic acids is 2. The van der Waals surface area contributed by atoms with Gasteiger partial charge in [0.15, 0.2) is 18.8 Å². The lowest BCUT2D eigenvalue weighted by atomic mass is 10.2. The molecule has 0 aliphatic rings. The molecule has 2 rings (SSSR count). The number of rotatable bonds is 7. The number of hydrogen-bond acceptors (Lipinski definition) is 3. The van der Waals surface area contributed by atoms with Gasteiger partial charge in [-0.2, -0.15) is 0 Å². The molecule has 2 amide bonds. The summed E-state index contributed by atoms with van der Waals surface area (Å²) in [6.45, 7) is 0.389. The van der Waals surface area contributed by atoms with E-state index in [0.29, 0.717) is 22.2 Å². The van der Waals surface area contributed by atoms with Crippen molar-refractivity contribution in [1.29, 1.82) is 0 Å². The summed E-state index contributed by atoms with van der Waals surface area (Å²) in [4.78, 5) is 26.4. The highest BCUT2D eigenvalue weighted by molar-refractivity contribution is 6.31. The van der Waals surface area contributed by atoms with Crippen LogP contribution >= 0.6 is 11.6 Å². The molecule has 1 unspecified atom stereocenters. The second kappa shape index (κ2) is 9.22. The van der Waals surface area contributed by atoms with Gasteiger partial charge in [0.25, 0.3) is 11.8 Å². The quantitative estimate of drug-likeness (QED) is 0.772. The lowest BCUT2D eigenvalue weighted by molar-refractivity contribution is -0.862. The molecule has 0 saturated carbocycles. The molecule has 0 aliphatic carbocycles. The van der Waals surface area contributed by atoms with Gasteiger partial charge in [0, 0.05) is 19.1 Å². The van der Waals surface area contributed by atoms with Crippen LogP contribution in [0.4, 0.5) is 5.69 Å². The van der Waals surface area contributed by atoms with Crippen LogP contribution in [0.1, 0.15) is 0 Å². The number of anilines is 1. The molecule has 2 aromatic carbocycles. The number of nitrogens with one attached hydrogen (secondary N) is 2. The number of amides is 2. The number of ether oxygens (including phenoxy) is 1. The summed E-state index contributed by atoms with van der Waals surface area (Å²) in [5.41, 5.74) is 0.484. The number of benzene rings is 2. The Kier molecular flexibility index (Phi) is 7.00. The second-order valence-corrected chi connectivity index (χ2v) is 6.64. The van der Waals surface area contributed by atoms with Crippen LogP contribution in [0.15, 0.2) is 48.5 Å². The van der Waals surface area contributed by atoms with Gasteiger partial charge in [-0.1, -0.05) is 29.8 Å². The molecule has 0 aromatic heterocycles. The van der Waals surface area contributed by atoms with Gasteiger partial charge in [0.2, 0.25) is 0 Å². The highest BCUT2D eigenvalue weighted by Gasteiger charge is 2.17. The van der Waals surface area contributed by atoms with E-state index in [1.54, 1.807) is 39.3 Å². The topological polar surface area (TPSA) is 63.1 Å². The fraction of sp³-hybridized carbons (Fsp3) is 0.263. The maximum absolute atomic E-state index is 12.3. The van der Waals surface area contributed by atoms with E-state index < -0.39 is 0 Å². The lowest BCUT2D eigenvalue weighted by Gasteiger charge is -2.17. The number of likely N-dealkylation sites (N-methyl/N-ethyl adjacent to an activating group) is 2. The van der Waals surface area contributed by atoms with Crippen molar-refractivity contribution in [3.63, 3.8) is 0 Å². The van der Waals surface area contributed by atoms with Crippen LogP contribution in [0.3, 0.4) is 0 Å². The van der Waals surface area contributed by atoms with Gasteiger partial charge in [0.05, 0.1) is 12.7 Å². The molecule has 2 aromatic rings. The Labute approximate surface area is 158 Å². The molecule has 0 radical (unpaired) electrons. The molecule has 0 aliphatic heterocycles. The third-order valence-electron chi connectivity index (χ3n) is 3.60. The van der Waals surface area contributed by atoms with E-state index in [-0.39, 0.29) is 24.9 Å². The number of quaternary nitrogens is 1. The summed E-state index contributed by atoms with van der Waals surface area (Å²) >= 11 is 6.05. The molecular formula is C19H23ClN3O3+. The number of halogens is 1. The van der Waals surface area contributed by atoms with Gasteiger partial charge in [-0.15, -0.1) is 0 Å². The summed E-state index contributed by atoms with van der Waals surface area (Å²) in [5.74, 6) is 0.890. The average molecular weight is 377 g/mol. The van der Waals surface area contributed by atoms with Crippen molar-refractivity contribution >= 4 is 29.1 Å². The molecule has 2 N–H and O–H groups in total. The standard InChI is InChI=1S/C19H22ClN3O3/c1-22(2)19(25)13-23(3)12-18(24)21-16-11-14(20)9-10-17(16)26-15-7-5-4-6-8-15/h4-11H,12-13H2,1-3H3,(H,21,24)/p+1. The Morgan fingerprint density at radius 1 is 1.12 bits per heavy atom. The van der Waals surface area contributed by atoms with Gasteiger partial charge in [-0.25, -0.2) is 0 Å². The Morgan fingerprint density at radius 3 is 2.46 bits per heavy atom. The van der Waals surface area contributed by atoms with Crippen LogP contribution in [0, 0.1) is 0 Å². The first-order valence-electron chi connectivity index (χ1n) is 8.19. The number of carbonyl (C=O) groups is 2. The lowest BCUT2D eigenvalue weighted by Crippen LogP contribution is -3.11. The molecule has 26 heavy (non-hydrogen) atoms. The summed E-state index contributed by atoms with van der Waals surface area (Å²) in [6.07, 6.45) is 0. The first-order chi connectivity index (χ1) is 12.3. The first-order valence-corrected chi connectivity index (χ1v) is 8.56. The van der Waals surface area contributed by atoms with Crippen LogP contribution in [-0.2, 0) is 9.59 Å². The van der Waals surface area contributed by atoms with Crippen molar-refractivity contribution in [2.75, 3.05) is 39.5 Å². The second-order valence-electron chi connectivity index (χ2n) is 6.20. The number of para-hydroxylation sites is 1.